The first-order chi connectivity index (χ1) is 19.4. The molecule has 11 heteroatoms. The van der Waals surface area contributed by atoms with Gasteiger partial charge in [-0.15, -0.1) is 0 Å². The number of hydrogen-bond donors (Lipinski definition) is 0. The third-order valence-electron chi connectivity index (χ3n) is 5.44. The smallest absolute Gasteiger partial charge is 0.432 e. The second-order valence-corrected chi connectivity index (χ2v) is 8.32. The van der Waals surface area contributed by atoms with Gasteiger partial charge >= 0.3 is 6.11 Å². The van der Waals surface area contributed by atoms with Gasteiger partial charge in [0.15, 0.2) is 17.5 Å². The molecule has 4 aromatic carbocycles. The van der Waals surface area contributed by atoms with Gasteiger partial charge in [0.1, 0.15) is 46.9 Å². The van der Waals surface area contributed by atoms with E-state index in [0.29, 0.717) is 17.9 Å². The second kappa shape index (κ2) is 11.7. The van der Waals surface area contributed by atoms with E-state index in [1.165, 1.54) is 0 Å². The Morgan fingerprint density at radius 3 is 1.73 bits per heavy atom. The normalized spacial score (nSPS) is 11.0. The Balaban J connectivity index is 1.61. The van der Waals surface area contributed by atoms with Crippen molar-refractivity contribution in [2.75, 3.05) is 6.61 Å². The van der Waals surface area contributed by atoms with Crippen molar-refractivity contribution in [2.45, 2.75) is 6.11 Å². The minimum absolute atomic E-state index is 0.0412. The van der Waals surface area contributed by atoms with Crippen molar-refractivity contribution in [2.24, 2.45) is 0 Å². The maximum atomic E-state index is 14.8. The maximum Gasteiger partial charge on any atom is 0.432 e. The fourth-order valence-corrected chi connectivity index (χ4v) is 3.64. The van der Waals surface area contributed by atoms with Crippen LogP contribution >= 0.6 is 0 Å². The van der Waals surface area contributed by atoms with Crippen LogP contribution in [0.3, 0.4) is 0 Å². The first-order valence-corrected chi connectivity index (χ1v) is 11.5. The lowest BCUT2D eigenvalue weighted by Crippen LogP contribution is -2.25. The van der Waals surface area contributed by atoms with E-state index in [1.807, 2.05) is 0 Å². The van der Waals surface area contributed by atoms with Gasteiger partial charge in [0.05, 0.1) is 5.56 Å². The Morgan fingerprint density at radius 2 is 1.20 bits per heavy atom. The van der Waals surface area contributed by atoms with Crippen molar-refractivity contribution < 1.29 is 49.0 Å². The summed E-state index contributed by atoms with van der Waals surface area (Å²) < 4.78 is 137. The molecule has 0 spiro atoms. The van der Waals surface area contributed by atoms with Crippen molar-refractivity contribution in [3.05, 3.63) is 131 Å². The molecule has 0 aliphatic carbocycles. The van der Waals surface area contributed by atoms with Gasteiger partial charge in [0, 0.05) is 23.3 Å². The highest BCUT2D eigenvalue weighted by molar-refractivity contribution is 5.67. The molecule has 0 aliphatic rings. The maximum absolute atomic E-state index is 14.8. The predicted molar refractivity (Wildman–Crippen MR) is 131 cm³/mol. The molecule has 0 fully saturated rings. The minimum Gasteiger partial charge on any atom is -0.490 e. The Bertz CT molecular complexity index is 1620. The van der Waals surface area contributed by atoms with Gasteiger partial charge in [0.25, 0.3) is 0 Å². The van der Waals surface area contributed by atoms with Crippen molar-refractivity contribution in [1.29, 1.82) is 0 Å². The van der Waals surface area contributed by atoms with Gasteiger partial charge < -0.3 is 9.47 Å². The molecule has 0 aromatic heterocycles. The monoisotopic (exact) mass is 578 g/mol. The van der Waals surface area contributed by atoms with E-state index in [0.717, 1.165) is 12.1 Å². The first kappa shape index (κ1) is 29.1. The van der Waals surface area contributed by atoms with Crippen molar-refractivity contribution in [1.82, 2.24) is 0 Å². The van der Waals surface area contributed by atoms with Crippen LogP contribution in [0.2, 0.25) is 0 Å². The second-order valence-electron chi connectivity index (χ2n) is 8.32. The number of hydrogen-bond acceptors (Lipinski definition) is 2. The molecule has 0 atom stereocenters. The van der Waals surface area contributed by atoms with E-state index in [2.05, 4.69) is 23.2 Å². The average molecular weight is 578 g/mol. The molecule has 0 aliphatic heterocycles. The van der Waals surface area contributed by atoms with Crippen molar-refractivity contribution in [3.8, 4) is 34.5 Å². The highest BCUT2D eigenvalue weighted by Crippen LogP contribution is 2.38. The summed E-state index contributed by atoms with van der Waals surface area (Å²) in [5.41, 5.74) is -3.38. The lowest BCUT2D eigenvalue weighted by atomic mass is 9.99. The van der Waals surface area contributed by atoms with Gasteiger partial charge in [-0.25, -0.2) is 30.7 Å². The van der Waals surface area contributed by atoms with Crippen LogP contribution in [0.1, 0.15) is 16.7 Å². The molecule has 0 saturated carbocycles. The Kier molecular flexibility index (Phi) is 8.33. The standard InChI is InChI=1S/C30H15F9O2/c1-2-9-40-19-7-5-16(6-8-19)3-4-17-10-21(31)27(22(32)11-17)18-12-23(33)28(24(34)13-18)30(38,39)41-20-14-25(35)29(37)26(36)15-20/h2,5-8,10-15H,1,9H2. The van der Waals surface area contributed by atoms with E-state index in [1.54, 1.807) is 30.3 Å². The number of benzene rings is 4. The molecule has 0 unspecified atom stereocenters. The van der Waals surface area contributed by atoms with E-state index in [9.17, 15) is 39.5 Å². The van der Waals surface area contributed by atoms with E-state index < -0.39 is 69.3 Å². The molecule has 4 aromatic rings. The Hall–Kier alpha value is -4.85. The van der Waals surface area contributed by atoms with Crippen LogP contribution in [0, 0.1) is 52.6 Å². The van der Waals surface area contributed by atoms with Crippen LogP contribution in [0.25, 0.3) is 11.1 Å². The van der Waals surface area contributed by atoms with Crippen LogP contribution in [-0.2, 0) is 6.11 Å². The summed E-state index contributed by atoms with van der Waals surface area (Å²) >= 11 is 0. The third-order valence-corrected chi connectivity index (χ3v) is 5.44. The van der Waals surface area contributed by atoms with Gasteiger partial charge in [-0.3, -0.25) is 0 Å². The summed E-state index contributed by atoms with van der Waals surface area (Å²) in [4.78, 5) is 0. The average Bonchev–Trinajstić information content (AvgIpc) is 2.88. The van der Waals surface area contributed by atoms with E-state index in [4.69, 9.17) is 4.74 Å². The molecule has 0 radical (unpaired) electrons. The lowest BCUT2D eigenvalue weighted by molar-refractivity contribution is -0.189. The van der Waals surface area contributed by atoms with Crippen LogP contribution in [0.15, 0.2) is 73.3 Å². The van der Waals surface area contributed by atoms with Crippen molar-refractivity contribution >= 4 is 0 Å². The van der Waals surface area contributed by atoms with Gasteiger partial charge in [-0.2, -0.15) is 8.78 Å². The molecule has 0 N–H and O–H groups in total. The lowest BCUT2D eigenvalue weighted by Gasteiger charge is -2.20. The molecule has 0 heterocycles. The highest BCUT2D eigenvalue weighted by atomic mass is 19.3. The van der Waals surface area contributed by atoms with Crippen molar-refractivity contribution in [3.63, 3.8) is 0 Å². The van der Waals surface area contributed by atoms with Gasteiger partial charge in [-0.1, -0.05) is 24.5 Å². The number of alkyl halides is 2. The zero-order valence-electron chi connectivity index (χ0n) is 20.5. The van der Waals surface area contributed by atoms with Gasteiger partial charge in [0.2, 0.25) is 0 Å². The number of rotatable bonds is 7. The first-order valence-electron chi connectivity index (χ1n) is 11.5. The van der Waals surface area contributed by atoms with E-state index in [-0.39, 0.29) is 29.8 Å². The minimum atomic E-state index is -4.87. The van der Waals surface area contributed by atoms with E-state index >= 15 is 0 Å². The largest absolute Gasteiger partial charge is 0.490 e. The highest BCUT2D eigenvalue weighted by Gasteiger charge is 2.41. The SMILES string of the molecule is C=CCOc1ccc(C#Cc2cc(F)c(-c3cc(F)c(C(F)(F)Oc4cc(F)c(F)c(F)c4)c(F)c3)c(F)c2)cc1. The quantitative estimate of drug-likeness (QED) is 0.0949. The fraction of sp³-hybridized carbons (Fsp3) is 0.0667. The third kappa shape index (κ3) is 6.49. The topological polar surface area (TPSA) is 18.5 Å². The number of halogens is 9. The molecule has 0 saturated heterocycles. The summed E-state index contributed by atoms with van der Waals surface area (Å²) in [6.45, 7) is 3.82. The molecular formula is C30H15F9O2. The molecular weight excluding hydrogens is 563 g/mol. The summed E-state index contributed by atoms with van der Waals surface area (Å²) in [5, 5.41) is 0. The summed E-state index contributed by atoms with van der Waals surface area (Å²) in [5.74, 6) is -7.84. The van der Waals surface area contributed by atoms with Crippen LogP contribution in [0.5, 0.6) is 11.5 Å². The number of ether oxygens (including phenoxy) is 2. The van der Waals surface area contributed by atoms with Crippen LogP contribution < -0.4 is 9.47 Å². The Labute approximate surface area is 227 Å². The van der Waals surface area contributed by atoms with Crippen LogP contribution in [0.4, 0.5) is 39.5 Å². The summed E-state index contributed by atoms with van der Waals surface area (Å²) in [7, 11) is 0. The molecule has 0 amide bonds. The molecule has 4 rings (SSSR count). The summed E-state index contributed by atoms with van der Waals surface area (Å²) in [6.07, 6.45) is -3.31. The zero-order valence-corrected chi connectivity index (χ0v) is 20.5. The zero-order chi connectivity index (χ0) is 29.9. The van der Waals surface area contributed by atoms with Crippen LogP contribution in [-0.4, -0.2) is 6.61 Å². The summed E-state index contributed by atoms with van der Waals surface area (Å²) in [6, 6.07) is 8.54. The predicted octanol–water partition coefficient (Wildman–Crippen LogP) is 8.42. The Morgan fingerprint density at radius 1 is 0.659 bits per heavy atom. The molecule has 2 nitrogen and oxygen atoms in total. The molecule has 41 heavy (non-hydrogen) atoms. The molecule has 210 valence electrons. The fourth-order valence-electron chi connectivity index (χ4n) is 3.64. The molecule has 0 bridgehead atoms. The van der Waals surface area contributed by atoms with Gasteiger partial charge in [-0.05, 0) is 54.1 Å².